The third kappa shape index (κ3) is 6.56. The second-order valence-corrected chi connectivity index (χ2v) is 10.9. The lowest BCUT2D eigenvalue weighted by molar-refractivity contribution is 0.167. The Labute approximate surface area is 227 Å². The average Bonchev–Trinajstić information content (AvgIpc) is 3.40. The minimum Gasteiger partial charge on any atom is -0.493 e. The predicted molar refractivity (Wildman–Crippen MR) is 156 cm³/mol. The van der Waals surface area contributed by atoms with E-state index in [0.717, 1.165) is 78.8 Å². The van der Waals surface area contributed by atoms with Gasteiger partial charge in [-0.25, -0.2) is 4.99 Å². The number of hydrogen-bond donors (Lipinski definition) is 1. The topological polar surface area (TPSA) is 61.7 Å². The highest BCUT2D eigenvalue weighted by atomic mass is 16.5. The van der Waals surface area contributed by atoms with Crippen molar-refractivity contribution < 1.29 is 9.47 Å². The van der Waals surface area contributed by atoms with Crippen molar-refractivity contribution in [1.29, 1.82) is 0 Å². The molecule has 2 saturated heterocycles. The van der Waals surface area contributed by atoms with Crippen LogP contribution in [0.2, 0.25) is 0 Å². The molecule has 0 spiro atoms. The zero-order chi connectivity index (χ0) is 26.3. The lowest BCUT2D eigenvalue weighted by atomic mass is 10.0. The highest BCUT2D eigenvalue weighted by molar-refractivity contribution is 6.11. The van der Waals surface area contributed by atoms with Crippen molar-refractivity contribution >= 4 is 17.2 Å². The van der Waals surface area contributed by atoms with E-state index in [-0.39, 0.29) is 0 Å². The molecule has 2 fully saturated rings. The quantitative estimate of drug-likeness (QED) is 0.479. The molecule has 3 aliphatic heterocycles. The number of nitrogens with one attached hydrogen (secondary N) is 1. The van der Waals surface area contributed by atoms with Gasteiger partial charge in [-0.05, 0) is 70.7 Å². The zero-order valence-corrected chi connectivity index (χ0v) is 23.3. The van der Waals surface area contributed by atoms with Crippen molar-refractivity contribution in [3.8, 4) is 11.5 Å². The van der Waals surface area contributed by atoms with Crippen LogP contribution in [0.5, 0.6) is 11.5 Å². The second kappa shape index (κ2) is 12.8. The molecule has 7 nitrogen and oxygen atoms in total. The summed E-state index contributed by atoms with van der Waals surface area (Å²) < 4.78 is 12.1. The molecule has 3 heterocycles. The summed E-state index contributed by atoms with van der Waals surface area (Å²) in [6, 6.07) is 15.4. The first-order valence-electron chi connectivity index (χ1n) is 14.4. The summed E-state index contributed by atoms with van der Waals surface area (Å²) in [6.45, 7) is 11.5. The monoisotopic (exact) mass is 517 g/mol. The first-order chi connectivity index (χ1) is 18.6. The summed E-state index contributed by atoms with van der Waals surface area (Å²) >= 11 is 0. The van der Waals surface area contributed by atoms with Gasteiger partial charge >= 0.3 is 0 Å². The number of piperidine rings is 1. The lowest BCUT2D eigenvalue weighted by Crippen LogP contribution is -2.46. The van der Waals surface area contributed by atoms with Gasteiger partial charge in [0.25, 0.3) is 0 Å². The Kier molecular flexibility index (Phi) is 8.97. The van der Waals surface area contributed by atoms with E-state index in [1.54, 1.807) is 7.11 Å². The van der Waals surface area contributed by atoms with E-state index in [0.29, 0.717) is 25.2 Å². The van der Waals surface area contributed by atoms with Crippen LogP contribution >= 0.6 is 0 Å². The van der Waals surface area contributed by atoms with Gasteiger partial charge in [-0.15, -0.1) is 0 Å². The van der Waals surface area contributed by atoms with E-state index in [1.807, 2.05) is 12.1 Å². The summed E-state index contributed by atoms with van der Waals surface area (Å²) in [5.74, 6) is 2.37. The van der Waals surface area contributed by atoms with E-state index in [1.165, 1.54) is 25.9 Å². The normalized spacial score (nSPS) is 19.1. The summed E-state index contributed by atoms with van der Waals surface area (Å²) in [5, 5.41) is 3.79. The molecule has 2 aromatic rings. The maximum Gasteiger partial charge on any atom is 0.163 e. The van der Waals surface area contributed by atoms with Crippen molar-refractivity contribution in [2.24, 2.45) is 9.98 Å². The summed E-state index contributed by atoms with van der Waals surface area (Å²) in [4.78, 5) is 15.3. The van der Waals surface area contributed by atoms with Crippen LogP contribution in [0.4, 0.5) is 5.69 Å². The molecule has 0 saturated carbocycles. The maximum atomic E-state index is 6.27. The highest BCUT2D eigenvalue weighted by Gasteiger charge is 2.25. The van der Waals surface area contributed by atoms with Crippen molar-refractivity contribution in [2.45, 2.75) is 58.0 Å². The van der Waals surface area contributed by atoms with Crippen molar-refractivity contribution in [3.05, 3.63) is 53.6 Å². The van der Waals surface area contributed by atoms with Crippen molar-refractivity contribution in [1.82, 2.24) is 15.1 Å². The fourth-order valence-electron chi connectivity index (χ4n) is 5.66. The van der Waals surface area contributed by atoms with Crippen LogP contribution in [-0.4, -0.2) is 86.4 Å². The van der Waals surface area contributed by atoms with Gasteiger partial charge in [0.1, 0.15) is 5.84 Å². The molecule has 0 aliphatic carbocycles. The molecule has 204 valence electrons. The van der Waals surface area contributed by atoms with Crippen LogP contribution in [0, 0.1) is 0 Å². The predicted octanol–water partition coefficient (Wildman–Crippen LogP) is 4.90. The number of benzene rings is 2. The maximum absolute atomic E-state index is 6.27. The molecule has 2 aromatic carbocycles. The van der Waals surface area contributed by atoms with E-state index in [4.69, 9.17) is 19.5 Å². The molecule has 7 heteroatoms. The Balaban J connectivity index is 1.38. The number of ether oxygens (including phenoxy) is 2. The second-order valence-electron chi connectivity index (χ2n) is 10.9. The molecule has 38 heavy (non-hydrogen) atoms. The average molecular weight is 518 g/mol. The van der Waals surface area contributed by atoms with Gasteiger partial charge in [0, 0.05) is 43.3 Å². The largest absolute Gasteiger partial charge is 0.493 e. The summed E-state index contributed by atoms with van der Waals surface area (Å²) in [5.41, 5.74) is 3.91. The van der Waals surface area contributed by atoms with Gasteiger partial charge < -0.3 is 24.6 Å². The smallest absolute Gasteiger partial charge is 0.163 e. The van der Waals surface area contributed by atoms with Gasteiger partial charge in [0.05, 0.1) is 31.7 Å². The molecule has 0 bridgehead atoms. The first-order valence-corrected chi connectivity index (χ1v) is 14.4. The number of fused-ring (bicyclic) bond motifs is 1. The molecule has 0 radical (unpaired) electrons. The van der Waals surface area contributed by atoms with Crippen molar-refractivity contribution in [3.63, 3.8) is 0 Å². The zero-order valence-electron chi connectivity index (χ0n) is 23.3. The van der Waals surface area contributed by atoms with Gasteiger partial charge in [0.15, 0.2) is 11.5 Å². The number of hydrogen-bond acceptors (Lipinski definition) is 7. The molecule has 0 aromatic heterocycles. The Morgan fingerprint density at radius 3 is 2.47 bits per heavy atom. The molecule has 3 aliphatic rings. The number of amidine groups is 1. The lowest BCUT2D eigenvalue weighted by Gasteiger charge is -2.35. The van der Waals surface area contributed by atoms with Crippen LogP contribution in [0.15, 0.2) is 52.4 Å². The fourth-order valence-corrected chi connectivity index (χ4v) is 5.66. The minimum absolute atomic E-state index is 0.391. The SMILES string of the molecule is COc1cc2c(cc1OCCCN1CCCC1)N=C(c1ccccc1)CN=C2NC1CCN(C(C)C)CC1. The molecule has 1 N–H and O–H groups in total. The molecule has 0 atom stereocenters. The summed E-state index contributed by atoms with van der Waals surface area (Å²) in [6.07, 6.45) is 5.84. The van der Waals surface area contributed by atoms with Crippen LogP contribution in [-0.2, 0) is 0 Å². The Morgan fingerprint density at radius 1 is 1.00 bits per heavy atom. The number of nitrogens with zero attached hydrogens (tertiary/aromatic N) is 4. The van der Waals surface area contributed by atoms with Gasteiger partial charge in [0.2, 0.25) is 0 Å². The Bertz CT molecular complexity index is 1120. The molecular formula is C31H43N5O2. The molecule has 5 rings (SSSR count). The van der Waals surface area contributed by atoms with Crippen LogP contribution in [0.25, 0.3) is 0 Å². The standard InChI is InChI=1S/C31H43N5O2/c1-23(2)36-17-12-25(13-18-36)33-31-26-20-29(37-3)30(38-19-9-16-35-14-7-8-15-35)21-27(26)34-28(22-32-31)24-10-5-4-6-11-24/h4-6,10-11,20-21,23,25H,7-9,12-19,22H2,1-3H3,(H,32,33). The third-order valence-corrected chi connectivity index (χ3v) is 7.96. The van der Waals surface area contributed by atoms with E-state index >= 15 is 0 Å². The molecular weight excluding hydrogens is 474 g/mol. The van der Waals surface area contributed by atoms with Crippen molar-refractivity contribution in [2.75, 3.05) is 53.0 Å². The third-order valence-electron chi connectivity index (χ3n) is 7.96. The summed E-state index contributed by atoms with van der Waals surface area (Å²) in [7, 11) is 1.71. The molecule has 0 unspecified atom stereocenters. The highest BCUT2D eigenvalue weighted by Crippen LogP contribution is 2.37. The number of methoxy groups -OCH3 is 1. The fraction of sp³-hybridized carbons (Fsp3) is 0.548. The van der Waals surface area contributed by atoms with E-state index < -0.39 is 0 Å². The van der Waals surface area contributed by atoms with Gasteiger partial charge in [-0.2, -0.15) is 0 Å². The minimum atomic E-state index is 0.391. The number of aliphatic imine (C=N–C) groups is 2. The molecule has 0 amide bonds. The van der Waals surface area contributed by atoms with E-state index in [9.17, 15) is 0 Å². The van der Waals surface area contributed by atoms with Gasteiger partial charge in [-0.3, -0.25) is 4.99 Å². The number of likely N-dealkylation sites (tertiary alicyclic amines) is 2. The number of rotatable bonds is 9. The Morgan fingerprint density at radius 2 is 1.76 bits per heavy atom. The van der Waals surface area contributed by atoms with Crippen LogP contribution in [0.3, 0.4) is 0 Å². The first kappa shape index (κ1) is 26.7. The van der Waals surface area contributed by atoms with Crippen LogP contribution in [0.1, 0.15) is 57.1 Å². The van der Waals surface area contributed by atoms with Gasteiger partial charge in [-0.1, -0.05) is 30.3 Å². The Hall–Kier alpha value is -2.90. The van der Waals surface area contributed by atoms with Crippen LogP contribution < -0.4 is 14.8 Å². The van der Waals surface area contributed by atoms with E-state index in [2.05, 4.69) is 59.3 Å².